The average Bonchev–Trinajstić information content (AvgIpc) is 3.16. The van der Waals surface area contributed by atoms with Crippen LogP contribution in [0.15, 0.2) is 28.4 Å². The zero-order valence-electron chi connectivity index (χ0n) is 16.5. The number of carbonyl (C=O) groups is 1. The number of ether oxygens (including phenoxy) is 1. The Morgan fingerprint density at radius 1 is 1.15 bits per heavy atom. The van der Waals surface area contributed by atoms with E-state index in [1.54, 1.807) is 18.2 Å². The van der Waals surface area contributed by atoms with Crippen molar-refractivity contribution in [2.75, 3.05) is 13.1 Å². The zero-order chi connectivity index (χ0) is 19.6. The third-order valence-corrected chi connectivity index (χ3v) is 4.72. The van der Waals surface area contributed by atoms with Crippen molar-refractivity contribution in [1.82, 2.24) is 4.90 Å². The first-order valence-corrected chi connectivity index (χ1v) is 9.53. The van der Waals surface area contributed by atoms with Gasteiger partial charge in [0.1, 0.15) is 23.0 Å². The van der Waals surface area contributed by atoms with Gasteiger partial charge in [-0.2, -0.15) is 0 Å². The van der Waals surface area contributed by atoms with E-state index in [0.717, 1.165) is 31.7 Å². The summed E-state index contributed by atoms with van der Waals surface area (Å²) in [5, 5.41) is 10.6. The largest absolute Gasteiger partial charge is 0.507 e. The molecule has 1 aliphatic rings. The summed E-state index contributed by atoms with van der Waals surface area (Å²) >= 11 is 0. The number of Topliss-reactive ketones (excluding diaryl/α,β-unsaturated/α-hetero) is 1. The first-order chi connectivity index (χ1) is 12.9. The number of aryl methyl sites for hydroxylation is 2. The van der Waals surface area contributed by atoms with Gasteiger partial charge in [0.05, 0.1) is 11.1 Å². The van der Waals surface area contributed by atoms with Gasteiger partial charge in [0, 0.05) is 12.6 Å². The fraction of sp³-hybridized carbons (Fsp3) is 0.409. The topological polar surface area (TPSA) is 62.9 Å². The smallest absolute Gasteiger partial charge is 0.232 e. The van der Waals surface area contributed by atoms with Crippen LogP contribution in [0.25, 0.3) is 6.08 Å². The summed E-state index contributed by atoms with van der Waals surface area (Å²) in [7, 11) is 0. The molecular weight excluding hydrogens is 342 g/mol. The maximum atomic E-state index is 12.9. The van der Waals surface area contributed by atoms with E-state index in [4.69, 9.17) is 9.15 Å². The van der Waals surface area contributed by atoms with Gasteiger partial charge in [0.25, 0.3) is 0 Å². The number of aromatic hydroxyl groups is 1. The molecule has 1 aliphatic heterocycles. The predicted octanol–water partition coefficient (Wildman–Crippen LogP) is 4.84. The highest BCUT2D eigenvalue weighted by atomic mass is 16.5. The van der Waals surface area contributed by atoms with Crippen LogP contribution in [-0.4, -0.2) is 28.9 Å². The maximum Gasteiger partial charge on any atom is 0.232 e. The zero-order valence-corrected chi connectivity index (χ0v) is 16.5. The Morgan fingerprint density at radius 3 is 2.44 bits per heavy atom. The van der Waals surface area contributed by atoms with Crippen LogP contribution in [0.5, 0.6) is 11.5 Å². The molecule has 0 atom stereocenters. The minimum atomic E-state index is -0.171. The number of furan rings is 1. The van der Waals surface area contributed by atoms with Crippen LogP contribution in [0.2, 0.25) is 0 Å². The minimum absolute atomic E-state index is 0.171. The molecule has 0 unspecified atom stereocenters. The number of hydrogen-bond donors (Lipinski definition) is 1. The Bertz CT molecular complexity index is 873. The van der Waals surface area contributed by atoms with Gasteiger partial charge in [0.2, 0.25) is 5.78 Å². The van der Waals surface area contributed by atoms with E-state index >= 15 is 0 Å². The van der Waals surface area contributed by atoms with Gasteiger partial charge in [-0.05, 0) is 63.5 Å². The molecule has 0 bridgehead atoms. The lowest BCUT2D eigenvalue weighted by molar-refractivity contribution is 0.101. The molecular formula is C22H27NO4. The summed E-state index contributed by atoms with van der Waals surface area (Å²) in [6.07, 6.45) is 3.67. The monoisotopic (exact) mass is 369 g/mol. The summed E-state index contributed by atoms with van der Waals surface area (Å²) in [5.41, 5.74) is 1.92. The number of benzene rings is 1. The molecule has 3 rings (SSSR count). The Balaban J connectivity index is 1.99. The summed E-state index contributed by atoms with van der Waals surface area (Å²) < 4.78 is 11.5. The number of phenolic OH excluding ortho intramolecular Hbond substituents is 1. The van der Waals surface area contributed by atoms with Gasteiger partial charge >= 0.3 is 0 Å². The normalized spacial score (nSPS) is 14.9. The second-order valence-electron chi connectivity index (χ2n) is 7.06. The van der Waals surface area contributed by atoms with Crippen LogP contribution >= 0.6 is 0 Å². The fourth-order valence-electron chi connectivity index (χ4n) is 3.52. The fourth-order valence-corrected chi connectivity index (χ4v) is 3.52. The molecule has 5 nitrogen and oxygen atoms in total. The van der Waals surface area contributed by atoms with E-state index in [0.29, 0.717) is 34.7 Å². The second-order valence-corrected chi connectivity index (χ2v) is 7.06. The van der Waals surface area contributed by atoms with Gasteiger partial charge < -0.3 is 14.3 Å². The number of allylic oxidation sites excluding steroid dienone is 1. The van der Waals surface area contributed by atoms with Crippen LogP contribution in [0.4, 0.5) is 0 Å². The molecule has 5 heteroatoms. The molecule has 1 aromatic heterocycles. The van der Waals surface area contributed by atoms with Crippen LogP contribution < -0.4 is 4.74 Å². The molecule has 0 aliphatic carbocycles. The van der Waals surface area contributed by atoms with Crippen LogP contribution in [0, 0.1) is 13.8 Å². The summed E-state index contributed by atoms with van der Waals surface area (Å²) in [4.78, 5) is 15.2. The number of ketones is 1. The van der Waals surface area contributed by atoms with Crippen LogP contribution in [0.1, 0.15) is 59.7 Å². The van der Waals surface area contributed by atoms with Gasteiger partial charge in [-0.1, -0.05) is 13.8 Å². The molecule has 2 heterocycles. The molecule has 0 saturated heterocycles. The van der Waals surface area contributed by atoms with E-state index < -0.39 is 0 Å². The number of rotatable bonds is 7. The highest BCUT2D eigenvalue weighted by molar-refractivity contribution is 6.15. The highest BCUT2D eigenvalue weighted by Crippen LogP contribution is 2.42. The molecule has 1 N–H and O–H groups in total. The van der Waals surface area contributed by atoms with Crippen molar-refractivity contribution in [3.05, 3.63) is 52.2 Å². The van der Waals surface area contributed by atoms with E-state index in [1.165, 1.54) is 0 Å². The number of phenols is 1. The van der Waals surface area contributed by atoms with Crippen molar-refractivity contribution in [3.8, 4) is 11.5 Å². The van der Waals surface area contributed by atoms with E-state index in [2.05, 4.69) is 18.7 Å². The van der Waals surface area contributed by atoms with Crippen LogP contribution in [0.3, 0.4) is 0 Å². The average molecular weight is 369 g/mol. The molecule has 27 heavy (non-hydrogen) atoms. The SMILES string of the molecule is CCCN(CCC)Cc1c(O)cc(C)c2c1O/C(=C\c1ccc(C)o1)C2=O. The van der Waals surface area contributed by atoms with E-state index in [9.17, 15) is 9.90 Å². The Hall–Kier alpha value is -2.53. The van der Waals surface area contributed by atoms with Gasteiger partial charge in [-0.25, -0.2) is 0 Å². The summed E-state index contributed by atoms with van der Waals surface area (Å²) in [6.45, 7) is 10.3. The molecule has 0 amide bonds. The lowest BCUT2D eigenvalue weighted by atomic mass is 9.99. The first-order valence-electron chi connectivity index (χ1n) is 9.53. The van der Waals surface area contributed by atoms with Gasteiger partial charge in [-0.15, -0.1) is 0 Å². The molecule has 144 valence electrons. The lowest BCUT2D eigenvalue weighted by Crippen LogP contribution is -2.25. The Kier molecular flexibility index (Phi) is 5.71. The van der Waals surface area contributed by atoms with Crippen molar-refractivity contribution in [2.24, 2.45) is 0 Å². The molecule has 1 aromatic carbocycles. The number of nitrogens with zero attached hydrogens (tertiary/aromatic N) is 1. The third kappa shape index (κ3) is 3.93. The quantitative estimate of drug-likeness (QED) is 0.708. The Labute approximate surface area is 160 Å². The number of carbonyl (C=O) groups excluding carboxylic acids is 1. The van der Waals surface area contributed by atoms with Crippen molar-refractivity contribution in [2.45, 2.75) is 47.1 Å². The van der Waals surface area contributed by atoms with Crippen molar-refractivity contribution >= 4 is 11.9 Å². The van der Waals surface area contributed by atoms with Gasteiger partial charge in [-0.3, -0.25) is 9.69 Å². The predicted molar refractivity (Wildman–Crippen MR) is 105 cm³/mol. The standard InChI is InChI=1S/C22H27NO4/c1-5-9-23(10-6-2)13-17-18(24)11-14(3)20-21(25)19(27-22(17)20)12-16-8-7-15(4)26-16/h7-8,11-12,24H,5-6,9-10,13H2,1-4H3/b19-12-. The van der Waals surface area contributed by atoms with Crippen molar-refractivity contribution in [1.29, 1.82) is 0 Å². The van der Waals surface area contributed by atoms with Crippen LogP contribution in [-0.2, 0) is 6.54 Å². The third-order valence-electron chi connectivity index (χ3n) is 4.72. The second kappa shape index (κ2) is 8.01. The minimum Gasteiger partial charge on any atom is -0.507 e. The van der Waals surface area contributed by atoms with Gasteiger partial charge in [0.15, 0.2) is 5.76 Å². The molecule has 2 aromatic rings. The number of hydrogen-bond acceptors (Lipinski definition) is 5. The highest BCUT2D eigenvalue weighted by Gasteiger charge is 2.33. The van der Waals surface area contributed by atoms with Crippen molar-refractivity contribution < 1.29 is 19.1 Å². The molecule has 0 spiro atoms. The maximum absolute atomic E-state index is 12.9. The number of fused-ring (bicyclic) bond motifs is 1. The summed E-state index contributed by atoms with van der Waals surface area (Å²) in [5.74, 6) is 2.05. The van der Waals surface area contributed by atoms with Crippen molar-refractivity contribution in [3.63, 3.8) is 0 Å². The van der Waals surface area contributed by atoms with E-state index in [1.807, 2.05) is 19.9 Å². The lowest BCUT2D eigenvalue weighted by Gasteiger charge is -2.22. The molecule has 0 saturated carbocycles. The summed E-state index contributed by atoms with van der Waals surface area (Å²) in [6, 6.07) is 5.30. The Morgan fingerprint density at radius 2 is 1.85 bits per heavy atom. The van der Waals surface area contributed by atoms with E-state index in [-0.39, 0.29) is 17.3 Å². The molecule has 0 radical (unpaired) electrons. The first kappa shape index (κ1) is 19.2. The molecule has 0 fully saturated rings.